The van der Waals surface area contributed by atoms with Gasteiger partial charge in [-0.25, -0.2) is 4.39 Å². The first-order valence-electron chi connectivity index (χ1n) is 5.96. The summed E-state index contributed by atoms with van der Waals surface area (Å²) in [4.78, 5) is 24.1. The van der Waals surface area contributed by atoms with E-state index in [0.717, 1.165) is 18.2 Å². The zero-order valence-electron chi connectivity index (χ0n) is 10.4. The molecular weight excluding hydrogens is 253 g/mol. The number of nitro groups is 1. The second kappa shape index (κ2) is 5.31. The van der Waals surface area contributed by atoms with Gasteiger partial charge >= 0.3 is 0 Å². The van der Waals surface area contributed by atoms with Gasteiger partial charge < -0.3 is 10.2 Å². The highest BCUT2D eigenvalue weighted by atomic mass is 19.1. The van der Waals surface area contributed by atoms with Gasteiger partial charge in [-0.05, 0) is 19.1 Å². The Balaban J connectivity index is 2.37. The van der Waals surface area contributed by atoms with Crippen molar-refractivity contribution < 1.29 is 14.1 Å². The maximum atomic E-state index is 13.2. The van der Waals surface area contributed by atoms with E-state index in [0.29, 0.717) is 19.6 Å². The summed E-state index contributed by atoms with van der Waals surface area (Å²) < 4.78 is 13.2. The molecule has 1 unspecified atom stereocenters. The number of nitrogens with zero attached hydrogens (tertiary/aromatic N) is 2. The second-order valence-corrected chi connectivity index (χ2v) is 4.47. The lowest BCUT2D eigenvalue weighted by Gasteiger charge is -2.33. The van der Waals surface area contributed by atoms with Crippen molar-refractivity contribution in [3.05, 3.63) is 39.7 Å². The molecule has 1 fully saturated rings. The highest BCUT2D eigenvalue weighted by Crippen LogP contribution is 2.22. The summed E-state index contributed by atoms with van der Waals surface area (Å²) in [5.74, 6) is -1.16. The van der Waals surface area contributed by atoms with Crippen molar-refractivity contribution in [2.45, 2.75) is 13.0 Å². The number of nitrogens with one attached hydrogen (secondary N) is 1. The van der Waals surface area contributed by atoms with Crippen LogP contribution in [0.15, 0.2) is 18.2 Å². The number of carbonyl (C=O) groups excluding carboxylic acids is 1. The van der Waals surface area contributed by atoms with Crippen LogP contribution in [0.2, 0.25) is 0 Å². The lowest BCUT2D eigenvalue weighted by atomic mass is 10.1. The van der Waals surface area contributed by atoms with Gasteiger partial charge in [0.05, 0.1) is 4.92 Å². The van der Waals surface area contributed by atoms with Gasteiger partial charge in [0, 0.05) is 31.7 Å². The summed E-state index contributed by atoms with van der Waals surface area (Å²) in [5.41, 5.74) is -0.559. The minimum atomic E-state index is -0.667. The molecule has 0 aliphatic carbocycles. The fraction of sp³-hybridized carbons (Fsp3) is 0.417. The standard InChI is InChI=1S/C12H14FN3O3/c1-8-7-14-4-5-15(8)12(17)10-6-9(13)2-3-11(10)16(18)19/h2-3,6,8,14H,4-5,7H2,1H3. The Labute approximate surface area is 109 Å². The Bertz CT molecular complexity index is 521. The van der Waals surface area contributed by atoms with Gasteiger partial charge in [-0.2, -0.15) is 0 Å². The molecule has 1 N–H and O–H groups in total. The van der Waals surface area contributed by atoms with E-state index in [1.807, 2.05) is 6.92 Å². The predicted molar refractivity (Wildman–Crippen MR) is 66.4 cm³/mol. The van der Waals surface area contributed by atoms with Crippen LogP contribution >= 0.6 is 0 Å². The molecule has 2 rings (SSSR count). The van der Waals surface area contributed by atoms with Crippen LogP contribution < -0.4 is 5.32 Å². The summed E-state index contributed by atoms with van der Waals surface area (Å²) in [6.07, 6.45) is 0. The molecule has 0 radical (unpaired) electrons. The van der Waals surface area contributed by atoms with Crippen LogP contribution in [0.5, 0.6) is 0 Å². The lowest BCUT2D eigenvalue weighted by molar-refractivity contribution is -0.385. The van der Waals surface area contributed by atoms with Crippen molar-refractivity contribution in [3.63, 3.8) is 0 Å². The Morgan fingerprint density at radius 3 is 2.95 bits per heavy atom. The Morgan fingerprint density at radius 1 is 1.58 bits per heavy atom. The Kier molecular flexibility index (Phi) is 3.75. The molecule has 0 saturated carbocycles. The first-order chi connectivity index (χ1) is 9.00. The van der Waals surface area contributed by atoms with Crippen molar-refractivity contribution in [1.82, 2.24) is 10.2 Å². The predicted octanol–water partition coefficient (Wildman–Crippen LogP) is 1.17. The number of hydrogen-bond acceptors (Lipinski definition) is 4. The van der Waals surface area contributed by atoms with Crippen molar-refractivity contribution in [2.75, 3.05) is 19.6 Å². The number of nitro benzene ring substituents is 1. The highest BCUT2D eigenvalue weighted by Gasteiger charge is 2.29. The molecule has 102 valence electrons. The monoisotopic (exact) mass is 267 g/mol. The fourth-order valence-corrected chi connectivity index (χ4v) is 2.14. The molecule has 0 aromatic heterocycles. The third kappa shape index (κ3) is 2.70. The van der Waals surface area contributed by atoms with Gasteiger partial charge in [-0.15, -0.1) is 0 Å². The molecule has 1 saturated heterocycles. The topological polar surface area (TPSA) is 75.5 Å². The number of rotatable bonds is 2. The lowest BCUT2D eigenvalue weighted by Crippen LogP contribution is -2.52. The minimum absolute atomic E-state index is 0.0795. The summed E-state index contributed by atoms with van der Waals surface area (Å²) in [7, 11) is 0. The molecule has 7 heteroatoms. The van der Waals surface area contributed by atoms with E-state index in [-0.39, 0.29) is 17.3 Å². The molecule has 1 atom stereocenters. The average Bonchev–Trinajstić information content (AvgIpc) is 2.38. The van der Waals surface area contributed by atoms with E-state index in [4.69, 9.17) is 0 Å². The number of benzene rings is 1. The number of halogens is 1. The summed E-state index contributed by atoms with van der Waals surface area (Å²) in [5, 5.41) is 14.0. The largest absolute Gasteiger partial charge is 0.333 e. The van der Waals surface area contributed by atoms with Crippen molar-refractivity contribution in [3.8, 4) is 0 Å². The smallest absolute Gasteiger partial charge is 0.282 e. The second-order valence-electron chi connectivity index (χ2n) is 4.47. The number of amides is 1. The van der Waals surface area contributed by atoms with Crippen LogP contribution in [0.4, 0.5) is 10.1 Å². The molecule has 1 aliphatic heterocycles. The van der Waals surface area contributed by atoms with E-state index in [1.165, 1.54) is 4.90 Å². The molecule has 1 aromatic rings. The molecule has 0 bridgehead atoms. The van der Waals surface area contributed by atoms with Crippen molar-refractivity contribution in [2.24, 2.45) is 0 Å². The molecule has 0 spiro atoms. The SMILES string of the molecule is CC1CNCCN1C(=O)c1cc(F)ccc1[N+](=O)[O-]. The van der Waals surface area contributed by atoms with E-state index < -0.39 is 16.6 Å². The van der Waals surface area contributed by atoms with Crippen molar-refractivity contribution >= 4 is 11.6 Å². The molecule has 6 nitrogen and oxygen atoms in total. The average molecular weight is 267 g/mol. The Morgan fingerprint density at radius 2 is 2.32 bits per heavy atom. The summed E-state index contributed by atoms with van der Waals surface area (Å²) >= 11 is 0. The van der Waals surface area contributed by atoms with Crippen LogP contribution in [0.3, 0.4) is 0 Å². The number of hydrogen-bond donors (Lipinski definition) is 1. The zero-order valence-corrected chi connectivity index (χ0v) is 10.4. The fourth-order valence-electron chi connectivity index (χ4n) is 2.14. The van der Waals surface area contributed by atoms with Crippen LogP contribution in [-0.2, 0) is 0 Å². The third-order valence-electron chi connectivity index (χ3n) is 3.15. The van der Waals surface area contributed by atoms with Gasteiger partial charge in [-0.3, -0.25) is 14.9 Å². The van der Waals surface area contributed by atoms with Crippen LogP contribution in [-0.4, -0.2) is 41.4 Å². The molecule has 1 amide bonds. The van der Waals surface area contributed by atoms with Gasteiger partial charge in [0.25, 0.3) is 11.6 Å². The molecular formula is C12H14FN3O3. The van der Waals surface area contributed by atoms with E-state index in [1.54, 1.807) is 0 Å². The third-order valence-corrected chi connectivity index (χ3v) is 3.15. The maximum absolute atomic E-state index is 13.2. The highest BCUT2D eigenvalue weighted by molar-refractivity contribution is 5.98. The van der Waals surface area contributed by atoms with Gasteiger partial charge in [0.15, 0.2) is 0 Å². The zero-order chi connectivity index (χ0) is 14.0. The number of carbonyl (C=O) groups is 1. The van der Waals surface area contributed by atoms with Crippen LogP contribution in [0.1, 0.15) is 17.3 Å². The molecule has 1 aromatic carbocycles. The quantitative estimate of drug-likeness (QED) is 0.644. The van der Waals surface area contributed by atoms with Gasteiger partial charge in [0.1, 0.15) is 11.4 Å². The first-order valence-corrected chi connectivity index (χ1v) is 5.96. The Hall–Kier alpha value is -2.02. The molecule has 1 aliphatic rings. The molecule has 19 heavy (non-hydrogen) atoms. The summed E-state index contributed by atoms with van der Waals surface area (Å²) in [6.45, 7) is 3.54. The first kappa shape index (κ1) is 13.4. The van der Waals surface area contributed by atoms with Gasteiger partial charge in [-0.1, -0.05) is 0 Å². The van der Waals surface area contributed by atoms with E-state index in [2.05, 4.69) is 5.32 Å². The summed E-state index contributed by atoms with van der Waals surface area (Å²) in [6, 6.07) is 2.85. The van der Waals surface area contributed by atoms with Crippen molar-refractivity contribution in [1.29, 1.82) is 0 Å². The number of piperazine rings is 1. The maximum Gasteiger partial charge on any atom is 0.282 e. The van der Waals surface area contributed by atoms with Crippen LogP contribution in [0.25, 0.3) is 0 Å². The van der Waals surface area contributed by atoms with Crippen LogP contribution in [0, 0.1) is 15.9 Å². The molecule has 1 heterocycles. The normalized spacial score (nSPS) is 19.3. The van der Waals surface area contributed by atoms with E-state index in [9.17, 15) is 19.3 Å². The van der Waals surface area contributed by atoms with E-state index >= 15 is 0 Å². The van der Waals surface area contributed by atoms with Gasteiger partial charge in [0.2, 0.25) is 0 Å². The minimum Gasteiger partial charge on any atom is -0.333 e.